The van der Waals surface area contributed by atoms with Crippen LogP contribution >= 0.6 is 0 Å². The molecular weight excluding hydrogens is 234 g/mol. The second-order valence-corrected chi connectivity index (χ2v) is 4.48. The number of rotatable bonds is 5. The number of nitrogens with one attached hydrogen (secondary N) is 1. The average Bonchev–Trinajstić information content (AvgIpc) is 2.75. The molecule has 1 heterocycles. The van der Waals surface area contributed by atoms with Crippen LogP contribution in [0, 0.1) is 12.8 Å². The van der Waals surface area contributed by atoms with Crippen LogP contribution in [0.3, 0.4) is 0 Å². The van der Waals surface area contributed by atoms with Crippen LogP contribution in [0.1, 0.15) is 18.9 Å². The summed E-state index contributed by atoms with van der Waals surface area (Å²) in [5.41, 5.74) is 2.01. The number of aryl methyl sites for hydroxylation is 1. The molecular formula is C13H17NO4. The molecule has 2 N–H and O–H groups in total. The van der Waals surface area contributed by atoms with E-state index in [4.69, 9.17) is 14.6 Å². The molecule has 0 saturated carbocycles. The predicted molar refractivity (Wildman–Crippen MR) is 67.2 cm³/mol. The molecule has 5 nitrogen and oxygen atoms in total. The van der Waals surface area contributed by atoms with E-state index in [1.54, 1.807) is 6.92 Å². The van der Waals surface area contributed by atoms with Crippen molar-refractivity contribution in [1.29, 1.82) is 0 Å². The zero-order valence-corrected chi connectivity index (χ0v) is 10.5. The summed E-state index contributed by atoms with van der Waals surface area (Å²) in [6.45, 7) is 4.56. The van der Waals surface area contributed by atoms with E-state index in [0.29, 0.717) is 13.0 Å². The molecule has 0 fully saturated rings. The summed E-state index contributed by atoms with van der Waals surface area (Å²) in [5, 5.41) is 12.0. The Labute approximate surface area is 106 Å². The zero-order valence-electron chi connectivity index (χ0n) is 10.5. The van der Waals surface area contributed by atoms with Gasteiger partial charge in [0.25, 0.3) is 0 Å². The lowest BCUT2D eigenvalue weighted by atomic mass is 10.1. The van der Waals surface area contributed by atoms with Crippen LogP contribution in [-0.2, 0) is 4.79 Å². The van der Waals surface area contributed by atoms with Crippen molar-refractivity contribution in [3.8, 4) is 11.5 Å². The normalized spacial score (nSPS) is 14.3. The molecule has 0 amide bonds. The highest BCUT2D eigenvalue weighted by atomic mass is 16.7. The lowest BCUT2D eigenvalue weighted by Crippen LogP contribution is -2.14. The maximum absolute atomic E-state index is 10.7. The van der Waals surface area contributed by atoms with E-state index >= 15 is 0 Å². The summed E-state index contributed by atoms with van der Waals surface area (Å²) in [5.74, 6) is 0.386. The second-order valence-electron chi connectivity index (χ2n) is 4.48. The lowest BCUT2D eigenvalue weighted by molar-refractivity contribution is -0.141. The maximum Gasteiger partial charge on any atom is 0.306 e. The highest BCUT2D eigenvalue weighted by molar-refractivity contribution is 5.69. The minimum atomic E-state index is -0.765. The zero-order chi connectivity index (χ0) is 13.1. The first-order valence-electron chi connectivity index (χ1n) is 5.95. The minimum Gasteiger partial charge on any atom is -0.481 e. The van der Waals surface area contributed by atoms with Gasteiger partial charge >= 0.3 is 5.97 Å². The Kier molecular flexibility index (Phi) is 3.60. The summed E-state index contributed by atoms with van der Waals surface area (Å²) >= 11 is 0. The second kappa shape index (κ2) is 5.16. The van der Waals surface area contributed by atoms with Gasteiger partial charge in [-0.1, -0.05) is 6.92 Å². The molecule has 1 unspecified atom stereocenters. The lowest BCUT2D eigenvalue weighted by Gasteiger charge is -2.12. The van der Waals surface area contributed by atoms with Crippen LogP contribution < -0.4 is 14.8 Å². The number of anilines is 1. The largest absolute Gasteiger partial charge is 0.481 e. The van der Waals surface area contributed by atoms with Crippen molar-refractivity contribution >= 4 is 11.7 Å². The van der Waals surface area contributed by atoms with Gasteiger partial charge in [0.2, 0.25) is 6.79 Å². The summed E-state index contributed by atoms with van der Waals surface area (Å²) in [6.07, 6.45) is 0.587. The molecule has 1 aliphatic heterocycles. The number of benzene rings is 1. The molecule has 0 bridgehead atoms. The van der Waals surface area contributed by atoms with Gasteiger partial charge in [-0.3, -0.25) is 4.79 Å². The van der Waals surface area contributed by atoms with Gasteiger partial charge in [0.1, 0.15) is 0 Å². The van der Waals surface area contributed by atoms with E-state index in [1.165, 1.54) is 0 Å². The van der Waals surface area contributed by atoms with Gasteiger partial charge in [0.15, 0.2) is 11.5 Å². The fraction of sp³-hybridized carbons (Fsp3) is 0.462. The molecule has 5 heteroatoms. The fourth-order valence-electron chi connectivity index (χ4n) is 1.78. The summed E-state index contributed by atoms with van der Waals surface area (Å²) in [6, 6.07) is 3.81. The topological polar surface area (TPSA) is 67.8 Å². The van der Waals surface area contributed by atoms with E-state index in [1.807, 2.05) is 19.1 Å². The van der Waals surface area contributed by atoms with Gasteiger partial charge in [0.05, 0.1) is 5.92 Å². The highest BCUT2D eigenvalue weighted by Gasteiger charge is 2.16. The Balaban J connectivity index is 1.96. The number of fused-ring (bicyclic) bond motifs is 1. The van der Waals surface area contributed by atoms with E-state index in [2.05, 4.69) is 5.32 Å². The van der Waals surface area contributed by atoms with E-state index in [9.17, 15) is 4.79 Å². The van der Waals surface area contributed by atoms with E-state index < -0.39 is 5.97 Å². The Morgan fingerprint density at radius 3 is 2.78 bits per heavy atom. The molecule has 18 heavy (non-hydrogen) atoms. The standard InChI is InChI=1S/C13H17NO4/c1-8(13(15)16)3-4-14-10-6-12-11(5-9(10)2)17-7-18-12/h5-6,8,14H,3-4,7H2,1-2H3,(H,15,16). The monoisotopic (exact) mass is 251 g/mol. The molecule has 0 spiro atoms. The molecule has 0 aromatic heterocycles. The van der Waals surface area contributed by atoms with Gasteiger partial charge in [-0.25, -0.2) is 0 Å². The molecule has 0 aliphatic carbocycles. The quantitative estimate of drug-likeness (QED) is 0.840. The summed E-state index contributed by atoms with van der Waals surface area (Å²) in [7, 11) is 0. The number of carboxylic acid groups (broad SMARTS) is 1. The first-order valence-corrected chi connectivity index (χ1v) is 5.95. The highest BCUT2D eigenvalue weighted by Crippen LogP contribution is 2.36. The van der Waals surface area contributed by atoms with Gasteiger partial charge in [-0.15, -0.1) is 0 Å². The van der Waals surface area contributed by atoms with Gasteiger partial charge in [0, 0.05) is 18.3 Å². The molecule has 0 radical (unpaired) electrons. The first-order chi connectivity index (χ1) is 8.58. The SMILES string of the molecule is Cc1cc2c(cc1NCCC(C)C(=O)O)OCO2. The van der Waals surface area contributed by atoms with Crippen molar-refractivity contribution in [1.82, 2.24) is 0 Å². The van der Waals surface area contributed by atoms with Crippen LogP contribution in [0.5, 0.6) is 11.5 Å². The summed E-state index contributed by atoms with van der Waals surface area (Å²) < 4.78 is 10.6. The third kappa shape index (κ3) is 2.67. The molecule has 2 rings (SSSR count). The van der Waals surface area contributed by atoms with E-state index in [0.717, 1.165) is 22.7 Å². The maximum atomic E-state index is 10.7. The first kappa shape index (κ1) is 12.5. The molecule has 1 aromatic rings. The average molecular weight is 251 g/mol. The van der Waals surface area contributed by atoms with Crippen molar-refractivity contribution in [3.05, 3.63) is 17.7 Å². The van der Waals surface area contributed by atoms with Crippen LogP contribution in [-0.4, -0.2) is 24.4 Å². The van der Waals surface area contributed by atoms with Crippen LogP contribution in [0.25, 0.3) is 0 Å². The van der Waals surface area contributed by atoms with Crippen molar-refractivity contribution < 1.29 is 19.4 Å². The fourth-order valence-corrected chi connectivity index (χ4v) is 1.78. The third-order valence-electron chi connectivity index (χ3n) is 3.03. The Morgan fingerprint density at radius 1 is 1.44 bits per heavy atom. The smallest absolute Gasteiger partial charge is 0.306 e. The van der Waals surface area contributed by atoms with E-state index in [-0.39, 0.29) is 12.7 Å². The van der Waals surface area contributed by atoms with Gasteiger partial charge in [-0.2, -0.15) is 0 Å². The Morgan fingerprint density at radius 2 is 2.11 bits per heavy atom. The number of carboxylic acids is 1. The molecule has 98 valence electrons. The molecule has 1 aliphatic rings. The van der Waals surface area contributed by atoms with Crippen LogP contribution in [0.4, 0.5) is 5.69 Å². The molecule has 0 saturated heterocycles. The van der Waals surface area contributed by atoms with Gasteiger partial charge in [-0.05, 0) is 25.0 Å². The van der Waals surface area contributed by atoms with Crippen molar-refractivity contribution in [2.45, 2.75) is 20.3 Å². The Hall–Kier alpha value is -1.91. The van der Waals surface area contributed by atoms with Crippen molar-refractivity contribution in [2.24, 2.45) is 5.92 Å². The number of ether oxygens (including phenoxy) is 2. The summed E-state index contributed by atoms with van der Waals surface area (Å²) in [4.78, 5) is 10.7. The van der Waals surface area contributed by atoms with Gasteiger partial charge < -0.3 is 19.9 Å². The third-order valence-corrected chi connectivity index (χ3v) is 3.03. The van der Waals surface area contributed by atoms with Crippen LogP contribution in [0.15, 0.2) is 12.1 Å². The molecule has 1 aromatic carbocycles. The van der Waals surface area contributed by atoms with Crippen molar-refractivity contribution in [3.63, 3.8) is 0 Å². The number of hydrogen-bond acceptors (Lipinski definition) is 4. The predicted octanol–water partition coefficient (Wildman–Crippen LogP) is 2.25. The minimum absolute atomic E-state index is 0.258. The number of carbonyl (C=O) groups is 1. The van der Waals surface area contributed by atoms with Crippen molar-refractivity contribution in [2.75, 3.05) is 18.7 Å². The molecule has 1 atom stereocenters. The van der Waals surface area contributed by atoms with Crippen LogP contribution in [0.2, 0.25) is 0 Å². The number of hydrogen-bond donors (Lipinski definition) is 2. The number of aliphatic carboxylic acids is 1. The Bertz CT molecular complexity index is 459.